The number of carbonyl (C=O) groups excluding carboxylic acids is 1. The van der Waals surface area contributed by atoms with E-state index in [9.17, 15) is 4.79 Å². The molecule has 0 N–H and O–H groups in total. The number of hydrogen-bond acceptors (Lipinski definition) is 5. The second kappa shape index (κ2) is 6.33. The zero-order valence-electron chi connectivity index (χ0n) is 12.9. The number of benzene rings is 2. The minimum atomic E-state index is 0.0210. The number of anilines is 2. The number of para-hydroxylation sites is 2. The van der Waals surface area contributed by atoms with E-state index < -0.39 is 0 Å². The summed E-state index contributed by atoms with van der Waals surface area (Å²) in [6.45, 7) is 0. The van der Waals surface area contributed by atoms with Crippen LogP contribution in [0.3, 0.4) is 0 Å². The average Bonchev–Trinajstić information content (AvgIpc) is 3.03. The predicted octanol–water partition coefficient (Wildman–Crippen LogP) is 3.74. The van der Waals surface area contributed by atoms with Gasteiger partial charge < -0.3 is 0 Å². The van der Waals surface area contributed by atoms with Crippen molar-refractivity contribution in [3.63, 3.8) is 0 Å². The fraction of sp³-hybridized carbons (Fsp3) is 0.118. The van der Waals surface area contributed by atoms with Crippen LogP contribution in [0.15, 0.2) is 69.8 Å². The summed E-state index contributed by atoms with van der Waals surface area (Å²) in [5, 5.41) is 4.82. The molecule has 1 amide bonds. The molecule has 0 radical (unpaired) electrons. The maximum atomic E-state index is 12.9. The standard InChI is InChI=1S/C17H14N4OS2/c1-20-11-18-17(19-20)23-10-16(22)21-12-6-2-4-8-14(12)24-15-9-5-3-7-13(15)21/h2-9,11H,10H2,1H3. The van der Waals surface area contributed by atoms with E-state index in [1.807, 2.05) is 55.6 Å². The Kier molecular flexibility index (Phi) is 4.03. The molecule has 1 aromatic heterocycles. The van der Waals surface area contributed by atoms with Crippen LogP contribution in [0.25, 0.3) is 0 Å². The minimum absolute atomic E-state index is 0.0210. The van der Waals surface area contributed by atoms with Crippen LogP contribution < -0.4 is 4.90 Å². The van der Waals surface area contributed by atoms with Crippen molar-refractivity contribution in [2.75, 3.05) is 10.7 Å². The van der Waals surface area contributed by atoms with Crippen molar-refractivity contribution in [3.05, 3.63) is 54.9 Å². The molecular weight excluding hydrogens is 340 g/mol. The number of carbonyl (C=O) groups is 1. The lowest BCUT2D eigenvalue weighted by Crippen LogP contribution is -2.30. The minimum Gasteiger partial charge on any atom is -0.278 e. The Bertz CT molecular complexity index is 863. The van der Waals surface area contributed by atoms with Gasteiger partial charge in [0, 0.05) is 16.8 Å². The number of fused-ring (bicyclic) bond motifs is 2. The molecule has 5 nitrogen and oxygen atoms in total. The van der Waals surface area contributed by atoms with Crippen LogP contribution in [0.4, 0.5) is 11.4 Å². The summed E-state index contributed by atoms with van der Waals surface area (Å²) >= 11 is 3.04. The van der Waals surface area contributed by atoms with Crippen LogP contribution in [-0.2, 0) is 11.8 Å². The number of hydrogen-bond donors (Lipinski definition) is 0. The first-order valence-corrected chi connectivity index (χ1v) is 9.20. The molecule has 4 rings (SSSR count). The third kappa shape index (κ3) is 2.81. The van der Waals surface area contributed by atoms with Gasteiger partial charge in [-0.3, -0.25) is 14.4 Å². The number of aromatic nitrogens is 3. The van der Waals surface area contributed by atoms with E-state index in [2.05, 4.69) is 10.1 Å². The first-order valence-electron chi connectivity index (χ1n) is 7.40. The van der Waals surface area contributed by atoms with Gasteiger partial charge in [-0.2, -0.15) is 0 Å². The van der Waals surface area contributed by atoms with Gasteiger partial charge in [0.1, 0.15) is 6.33 Å². The smallest absolute Gasteiger partial charge is 0.242 e. The van der Waals surface area contributed by atoms with E-state index in [0.29, 0.717) is 5.16 Å². The zero-order chi connectivity index (χ0) is 16.5. The molecule has 3 aromatic rings. The normalized spacial score (nSPS) is 12.6. The van der Waals surface area contributed by atoms with Gasteiger partial charge in [-0.15, -0.1) is 5.10 Å². The summed E-state index contributed by atoms with van der Waals surface area (Å²) in [6.07, 6.45) is 1.63. The molecule has 0 aliphatic carbocycles. The van der Waals surface area contributed by atoms with Crippen molar-refractivity contribution < 1.29 is 4.79 Å². The van der Waals surface area contributed by atoms with Gasteiger partial charge in [-0.1, -0.05) is 47.8 Å². The van der Waals surface area contributed by atoms with Crippen LogP contribution >= 0.6 is 23.5 Å². The summed E-state index contributed by atoms with van der Waals surface area (Å²) in [6, 6.07) is 16.0. The second-order valence-corrected chi connectivity index (χ2v) is 7.28. The highest BCUT2D eigenvalue weighted by atomic mass is 32.2. The van der Waals surface area contributed by atoms with Gasteiger partial charge in [0.25, 0.3) is 0 Å². The Labute approximate surface area is 148 Å². The van der Waals surface area contributed by atoms with Gasteiger partial charge in [0.05, 0.1) is 17.1 Å². The summed E-state index contributed by atoms with van der Waals surface area (Å²) in [5.74, 6) is 0.310. The molecule has 0 atom stereocenters. The highest BCUT2D eigenvalue weighted by molar-refractivity contribution is 8.00. The van der Waals surface area contributed by atoms with E-state index in [0.717, 1.165) is 21.2 Å². The van der Waals surface area contributed by atoms with E-state index in [1.54, 1.807) is 27.7 Å². The maximum Gasteiger partial charge on any atom is 0.242 e. The van der Waals surface area contributed by atoms with Gasteiger partial charge in [-0.25, -0.2) is 4.98 Å². The van der Waals surface area contributed by atoms with Crippen molar-refractivity contribution in [3.8, 4) is 0 Å². The molecule has 120 valence electrons. The Hall–Kier alpha value is -2.25. The van der Waals surface area contributed by atoms with Crippen LogP contribution in [0.2, 0.25) is 0 Å². The number of rotatable bonds is 3. The van der Waals surface area contributed by atoms with Crippen molar-refractivity contribution in [2.24, 2.45) is 7.05 Å². The van der Waals surface area contributed by atoms with Crippen LogP contribution in [-0.4, -0.2) is 26.4 Å². The first-order chi connectivity index (χ1) is 11.7. The van der Waals surface area contributed by atoms with Crippen molar-refractivity contribution >= 4 is 40.8 Å². The van der Waals surface area contributed by atoms with Crippen molar-refractivity contribution in [1.82, 2.24) is 14.8 Å². The molecule has 1 aliphatic rings. The highest BCUT2D eigenvalue weighted by Gasteiger charge is 2.27. The Morgan fingerprint density at radius 2 is 1.71 bits per heavy atom. The van der Waals surface area contributed by atoms with Crippen LogP contribution in [0.1, 0.15) is 0 Å². The third-order valence-corrected chi connectivity index (χ3v) is 5.55. The third-order valence-electron chi connectivity index (χ3n) is 3.58. The molecule has 1 aliphatic heterocycles. The van der Waals surface area contributed by atoms with Gasteiger partial charge in [-0.05, 0) is 24.3 Å². The lowest BCUT2D eigenvalue weighted by Gasteiger charge is -2.30. The lowest BCUT2D eigenvalue weighted by atomic mass is 10.2. The summed E-state index contributed by atoms with van der Waals surface area (Å²) in [5.41, 5.74) is 1.86. The van der Waals surface area contributed by atoms with Gasteiger partial charge in [0.15, 0.2) is 0 Å². The lowest BCUT2D eigenvalue weighted by molar-refractivity contribution is -0.115. The second-order valence-electron chi connectivity index (χ2n) is 5.26. The molecule has 0 fully saturated rings. The average molecular weight is 354 g/mol. The quantitative estimate of drug-likeness (QED) is 0.671. The molecule has 7 heteroatoms. The summed E-state index contributed by atoms with van der Waals surface area (Å²) in [7, 11) is 1.81. The molecular formula is C17H14N4OS2. The Balaban J connectivity index is 1.65. The molecule has 0 unspecified atom stereocenters. The zero-order valence-corrected chi connectivity index (χ0v) is 14.5. The summed E-state index contributed by atoms with van der Waals surface area (Å²) < 4.78 is 1.63. The van der Waals surface area contributed by atoms with E-state index in [1.165, 1.54) is 11.8 Å². The first kappa shape index (κ1) is 15.3. The number of thioether (sulfide) groups is 1. The number of nitrogens with zero attached hydrogens (tertiary/aromatic N) is 4. The Morgan fingerprint density at radius 3 is 2.29 bits per heavy atom. The molecule has 2 aromatic carbocycles. The largest absolute Gasteiger partial charge is 0.278 e. The summed E-state index contributed by atoms with van der Waals surface area (Å²) in [4.78, 5) is 21.1. The van der Waals surface area contributed by atoms with Crippen molar-refractivity contribution in [2.45, 2.75) is 14.9 Å². The van der Waals surface area contributed by atoms with E-state index >= 15 is 0 Å². The molecule has 0 saturated carbocycles. The SMILES string of the molecule is Cn1cnc(SCC(=O)N2c3ccccc3Sc3ccccc32)n1. The van der Waals surface area contributed by atoms with E-state index in [-0.39, 0.29) is 11.7 Å². The van der Waals surface area contributed by atoms with Crippen LogP contribution in [0, 0.1) is 0 Å². The van der Waals surface area contributed by atoms with Gasteiger partial charge in [0.2, 0.25) is 11.1 Å². The fourth-order valence-corrected chi connectivity index (χ4v) is 4.30. The topological polar surface area (TPSA) is 51.0 Å². The molecule has 0 saturated heterocycles. The maximum absolute atomic E-state index is 12.9. The molecule has 0 bridgehead atoms. The molecule has 24 heavy (non-hydrogen) atoms. The van der Waals surface area contributed by atoms with Crippen LogP contribution in [0.5, 0.6) is 0 Å². The molecule has 0 spiro atoms. The van der Waals surface area contributed by atoms with Crippen molar-refractivity contribution in [1.29, 1.82) is 0 Å². The monoisotopic (exact) mass is 354 g/mol. The number of amides is 1. The highest BCUT2D eigenvalue weighted by Crippen LogP contribution is 2.48. The molecule has 2 heterocycles. The number of aryl methyl sites for hydroxylation is 1. The Morgan fingerprint density at radius 1 is 1.08 bits per heavy atom. The van der Waals surface area contributed by atoms with E-state index in [4.69, 9.17) is 0 Å². The fourth-order valence-electron chi connectivity index (χ4n) is 2.55. The predicted molar refractivity (Wildman–Crippen MR) is 95.9 cm³/mol. The van der Waals surface area contributed by atoms with Gasteiger partial charge >= 0.3 is 0 Å².